The Morgan fingerprint density at radius 3 is 2.81 bits per heavy atom. The van der Waals surface area contributed by atoms with E-state index in [4.69, 9.17) is 9.47 Å². The fourth-order valence-corrected chi connectivity index (χ4v) is 1.83. The molecule has 0 bridgehead atoms. The van der Waals surface area contributed by atoms with Crippen LogP contribution < -0.4 is 10.1 Å². The number of phenolic OH excluding ortho intramolecular Hbond substituents is 1. The second-order valence-corrected chi connectivity index (χ2v) is 4.64. The van der Waals surface area contributed by atoms with Crippen LogP contribution in [0.4, 0.5) is 4.79 Å². The minimum absolute atomic E-state index is 0.0699. The zero-order chi connectivity index (χ0) is 15.7. The van der Waals surface area contributed by atoms with Crippen molar-refractivity contribution in [3.63, 3.8) is 0 Å². The van der Waals surface area contributed by atoms with Crippen molar-refractivity contribution in [1.29, 1.82) is 0 Å². The first kappa shape index (κ1) is 17.1. The third kappa shape index (κ3) is 5.91. The van der Waals surface area contributed by atoms with Gasteiger partial charge in [0.15, 0.2) is 11.5 Å². The van der Waals surface area contributed by atoms with E-state index in [9.17, 15) is 9.90 Å². The summed E-state index contributed by atoms with van der Waals surface area (Å²) in [7, 11) is 3.20. The van der Waals surface area contributed by atoms with Gasteiger partial charge in [0.05, 0.1) is 7.11 Å². The molecule has 0 aliphatic carbocycles. The Hall–Kier alpha value is -1.95. The highest BCUT2D eigenvalue weighted by Crippen LogP contribution is 2.26. The molecule has 0 spiro atoms. The third-order valence-electron chi connectivity index (χ3n) is 2.96. The Morgan fingerprint density at radius 2 is 2.19 bits per heavy atom. The zero-order valence-corrected chi connectivity index (χ0v) is 12.9. The number of nitrogens with one attached hydrogen (secondary N) is 1. The molecule has 0 aromatic heterocycles. The lowest BCUT2D eigenvalue weighted by molar-refractivity contribution is 0.144. The summed E-state index contributed by atoms with van der Waals surface area (Å²) < 4.78 is 10.2. The monoisotopic (exact) mass is 296 g/mol. The SMILES string of the molecule is CCOCCCNC(=O)N(C)Cc1ccc(OC)c(O)c1. The molecule has 0 aliphatic heterocycles. The summed E-state index contributed by atoms with van der Waals surface area (Å²) in [4.78, 5) is 13.4. The van der Waals surface area contributed by atoms with Crippen LogP contribution in [0.3, 0.4) is 0 Å². The smallest absolute Gasteiger partial charge is 0.317 e. The molecule has 6 nitrogen and oxygen atoms in total. The molecular formula is C15H24N2O4. The van der Waals surface area contributed by atoms with Crippen molar-refractivity contribution < 1.29 is 19.4 Å². The first-order valence-electron chi connectivity index (χ1n) is 7.01. The molecule has 2 amide bonds. The highest BCUT2D eigenvalue weighted by Gasteiger charge is 2.10. The number of aromatic hydroxyl groups is 1. The molecule has 0 atom stereocenters. The summed E-state index contributed by atoms with van der Waals surface area (Å²) in [5.41, 5.74) is 0.834. The van der Waals surface area contributed by atoms with Crippen LogP contribution in [0.25, 0.3) is 0 Å². The van der Waals surface area contributed by atoms with Crippen molar-refractivity contribution in [2.45, 2.75) is 19.9 Å². The minimum atomic E-state index is -0.151. The Kier molecular flexibility index (Phi) is 7.39. The molecule has 0 aliphatic rings. The number of carbonyl (C=O) groups excluding carboxylic acids is 1. The molecule has 1 aromatic carbocycles. The fraction of sp³-hybridized carbons (Fsp3) is 0.533. The van der Waals surface area contributed by atoms with E-state index in [2.05, 4.69) is 5.32 Å². The zero-order valence-electron chi connectivity index (χ0n) is 12.9. The molecule has 6 heteroatoms. The van der Waals surface area contributed by atoms with E-state index in [1.807, 2.05) is 13.0 Å². The molecule has 0 radical (unpaired) electrons. The van der Waals surface area contributed by atoms with Crippen LogP contribution in [0, 0.1) is 0 Å². The number of hydrogen-bond acceptors (Lipinski definition) is 4. The number of hydrogen-bond donors (Lipinski definition) is 2. The highest BCUT2D eigenvalue weighted by molar-refractivity contribution is 5.73. The predicted molar refractivity (Wildman–Crippen MR) is 80.6 cm³/mol. The lowest BCUT2D eigenvalue weighted by atomic mass is 10.2. The van der Waals surface area contributed by atoms with Crippen LogP contribution in [0.5, 0.6) is 11.5 Å². The number of nitrogens with zero attached hydrogens (tertiary/aromatic N) is 1. The van der Waals surface area contributed by atoms with Gasteiger partial charge in [-0.1, -0.05) is 6.07 Å². The molecule has 0 saturated carbocycles. The largest absolute Gasteiger partial charge is 0.504 e. The number of ether oxygens (including phenoxy) is 2. The quantitative estimate of drug-likeness (QED) is 0.720. The van der Waals surface area contributed by atoms with Crippen LogP contribution in [-0.2, 0) is 11.3 Å². The molecule has 0 fully saturated rings. The number of benzene rings is 1. The van der Waals surface area contributed by atoms with Gasteiger partial charge in [0.2, 0.25) is 0 Å². The summed E-state index contributed by atoms with van der Waals surface area (Å²) in [6, 6.07) is 4.94. The average Bonchev–Trinajstić information content (AvgIpc) is 2.47. The number of carbonyl (C=O) groups is 1. The summed E-state index contributed by atoms with van der Waals surface area (Å²) >= 11 is 0. The molecule has 0 saturated heterocycles. The summed E-state index contributed by atoms with van der Waals surface area (Å²) in [5, 5.41) is 12.5. The van der Waals surface area contributed by atoms with Crippen LogP contribution >= 0.6 is 0 Å². The van der Waals surface area contributed by atoms with Gasteiger partial charge < -0.3 is 24.8 Å². The van der Waals surface area contributed by atoms with Gasteiger partial charge in [-0.05, 0) is 31.0 Å². The van der Waals surface area contributed by atoms with E-state index in [1.165, 1.54) is 7.11 Å². The van der Waals surface area contributed by atoms with Gasteiger partial charge in [0.1, 0.15) is 0 Å². The van der Waals surface area contributed by atoms with Crippen molar-refractivity contribution in [1.82, 2.24) is 10.2 Å². The molecular weight excluding hydrogens is 272 g/mol. The fourth-order valence-electron chi connectivity index (χ4n) is 1.83. The number of amides is 2. The van der Waals surface area contributed by atoms with Crippen molar-refractivity contribution >= 4 is 6.03 Å². The highest BCUT2D eigenvalue weighted by atomic mass is 16.5. The maximum atomic E-state index is 11.9. The normalized spacial score (nSPS) is 10.2. The van der Waals surface area contributed by atoms with Crippen molar-refractivity contribution in [3.05, 3.63) is 23.8 Å². The Morgan fingerprint density at radius 1 is 1.43 bits per heavy atom. The topological polar surface area (TPSA) is 71.0 Å². The van der Waals surface area contributed by atoms with E-state index < -0.39 is 0 Å². The lowest BCUT2D eigenvalue weighted by Gasteiger charge is -2.18. The maximum Gasteiger partial charge on any atom is 0.317 e. The van der Waals surface area contributed by atoms with E-state index in [1.54, 1.807) is 24.1 Å². The molecule has 2 N–H and O–H groups in total. The summed E-state index contributed by atoms with van der Waals surface area (Å²) in [5.74, 6) is 0.488. The number of rotatable bonds is 8. The second kappa shape index (κ2) is 9.07. The van der Waals surface area contributed by atoms with Crippen LogP contribution in [-0.4, -0.2) is 50.0 Å². The Balaban J connectivity index is 2.39. The molecule has 1 rings (SSSR count). The predicted octanol–water partition coefficient (Wildman–Crippen LogP) is 1.97. The molecule has 118 valence electrons. The van der Waals surface area contributed by atoms with Gasteiger partial charge in [-0.25, -0.2) is 4.79 Å². The van der Waals surface area contributed by atoms with Crippen LogP contribution in [0.1, 0.15) is 18.9 Å². The molecule has 0 heterocycles. The van der Waals surface area contributed by atoms with E-state index in [0.717, 1.165) is 12.0 Å². The van der Waals surface area contributed by atoms with Crippen molar-refractivity contribution in [2.75, 3.05) is 33.9 Å². The van der Waals surface area contributed by atoms with E-state index in [-0.39, 0.29) is 11.8 Å². The standard InChI is InChI=1S/C15H24N2O4/c1-4-21-9-5-8-16-15(19)17(2)11-12-6-7-14(20-3)13(18)10-12/h6-7,10,18H,4-5,8-9,11H2,1-3H3,(H,16,19). The maximum absolute atomic E-state index is 11.9. The minimum Gasteiger partial charge on any atom is -0.504 e. The number of methoxy groups -OCH3 is 1. The third-order valence-corrected chi connectivity index (χ3v) is 2.96. The summed E-state index contributed by atoms with van der Waals surface area (Å²) in [6.45, 7) is 4.27. The second-order valence-electron chi connectivity index (χ2n) is 4.64. The van der Waals surface area contributed by atoms with Gasteiger partial charge in [-0.3, -0.25) is 0 Å². The first-order chi connectivity index (χ1) is 10.1. The van der Waals surface area contributed by atoms with Crippen molar-refractivity contribution in [3.8, 4) is 11.5 Å². The van der Waals surface area contributed by atoms with Gasteiger partial charge in [0.25, 0.3) is 0 Å². The van der Waals surface area contributed by atoms with E-state index in [0.29, 0.717) is 32.1 Å². The van der Waals surface area contributed by atoms with Crippen molar-refractivity contribution in [2.24, 2.45) is 0 Å². The average molecular weight is 296 g/mol. The van der Waals surface area contributed by atoms with Crippen LogP contribution in [0.2, 0.25) is 0 Å². The Labute approximate surface area is 125 Å². The van der Waals surface area contributed by atoms with Gasteiger partial charge in [-0.2, -0.15) is 0 Å². The number of urea groups is 1. The van der Waals surface area contributed by atoms with Gasteiger partial charge in [-0.15, -0.1) is 0 Å². The first-order valence-corrected chi connectivity index (χ1v) is 7.01. The van der Waals surface area contributed by atoms with Gasteiger partial charge >= 0.3 is 6.03 Å². The van der Waals surface area contributed by atoms with Crippen LogP contribution in [0.15, 0.2) is 18.2 Å². The molecule has 0 unspecified atom stereocenters. The number of phenols is 1. The molecule has 21 heavy (non-hydrogen) atoms. The molecule has 1 aromatic rings. The Bertz CT molecular complexity index is 451. The van der Waals surface area contributed by atoms with Gasteiger partial charge in [0, 0.05) is 33.4 Å². The lowest BCUT2D eigenvalue weighted by Crippen LogP contribution is -2.37. The van der Waals surface area contributed by atoms with E-state index >= 15 is 0 Å². The summed E-state index contributed by atoms with van der Waals surface area (Å²) in [6.07, 6.45) is 0.788.